The summed E-state index contributed by atoms with van der Waals surface area (Å²) in [7, 11) is 1.75. The Hall–Kier alpha value is -2.15. The van der Waals surface area contributed by atoms with Crippen molar-refractivity contribution in [3.63, 3.8) is 0 Å². The first-order valence-electron chi connectivity index (χ1n) is 8.68. The molecule has 1 atom stereocenters. The quantitative estimate of drug-likeness (QED) is 0.819. The van der Waals surface area contributed by atoms with E-state index in [0.29, 0.717) is 18.8 Å². The molecule has 0 N–H and O–H groups in total. The van der Waals surface area contributed by atoms with Gasteiger partial charge >= 0.3 is 5.69 Å². The lowest BCUT2D eigenvalue weighted by Crippen LogP contribution is -2.39. The van der Waals surface area contributed by atoms with Crippen LogP contribution in [0.2, 0.25) is 5.02 Å². The number of hydrogen-bond donors (Lipinski definition) is 0. The fourth-order valence-corrected chi connectivity index (χ4v) is 3.40. The molecule has 2 aromatic rings. The van der Waals surface area contributed by atoms with E-state index in [1.165, 1.54) is 21.4 Å². The number of fused-ring (bicyclic) bond motifs is 1. The zero-order valence-corrected chi connectivity index (χ0v) is 15.8. The number of carbonyl (C=O) groups excluding carboxylic acids is 1. The summed E-state index contributed by atoms with van der Waals surface area (Å²) < 4.78 is 16.8. The number of amides is 1. The molecule has 0 saturated heterocycles. The number of rotatable bonds is 4. The van der Waals surface area contributed by atoms with Crippen molar-refractivity contribution in [2.45, 2.75) is 51.7 Å². The van der Waals surface area contributed by atoms with Crippen molar-refractivity contribution in [2.75, 3.05) is 7.05 Å². The highest BCUT2D eigenvalue weighted by Gasteiger charge is 2.33. The molecule has 1 aromatic carbocycles. The van der Waals surface area contributed by atoms with Crippen LogP contribution in [0.15, 0.2) is 23.0 Å². The summed E-state index contributed by atoms with van der Waals surface area (Å²) in [5.41, 5.74) is -0.127. The smallest absolute Gasteiger partial charge is 0.343 e. The van der Waals surface area contributed by atoms with E-state index < -0.39 is 11.7 Å². The van der Waals surface area contributed by atoms with E-state index in [1.54, 1.807) is 18.0 Å². The Kier molecular flexibility index (Phi) is 5.18. The highest BCUT2D eigenvalue weighted by molar-refractivity contribution is 6.31. The summed E-state index contributed by atoms with van der Waals surface area (Å²) in [5.74, 6) is -0.544. The molecule has 2 heterocycles. The number of nitrogens with zero attached hydrogens (tertiary/aromatic N) is 4. The molecule has 1 aromatic heterocycles. The van der Waals surface area contributed by atoms with Crippen LogP contribution in [0.5, 0.6) is 0 Å². The van der Waals surface area contributed by atoms with Gasteiger partial charge in [0.2, 0.25) is 5.91 Å². The molecule has 0 saturated carbocycles. The summed E-state index contributed by atoms with van der Waals surface area (Å²) in [6.07, 6.45) is 1.37. The second kappa shape index (κ2) is 7.23. The minimum absolute atomic E-state index is 0.0537. The Balaban J connectivity index is 1.97. The fourth-order valence-electron chi connectivity index (χ4n) is 3.18. The SMILES string of the molecule is CC(C)N(C)C(=O)C1CCCn2c1nn(Cc1c(F)cccc1Cl)c2=O. The largest absolute Gasteiger partial charge is 0.346 e. The van der Waals surface area contributed by atoms with Crippen LogP contribution < -0.4 is 5.69 Å². The van der Waals surface area contributed by atoms with Gasteiger partial charge in [-0.15, -0.1) is 0 Å². The van der Waals surface area contributed by atoms with E-state index in [2.05, 4.69) is 5.10 Å². The van der Waals surface area contributed by atoms with E-state index in [0.717, 1.165) is 6.42 Å². The maximum absolute atomic E-state index is 14.1. The second-order valence-corrected chi connectivity index (χ2v) is 7.30. The molecule has 8 heteroatoms. The van der Waals surface area contributed by atoms with Crippen LogP contribution in [-0.4, -0.2) is 38.2 Å². The molecule has 140 valence electrons. The lowest BCUT2D eigenvalue weighted by Gasteiger charge is -2.28. The molecule has 0 fully saturated rings. The number of benzene rings is 1. The van der Waals surface area contributed by atoms with E-state index in [-0.39, 0.29) is 34.8 Å². The molecule has 1 unspecified atom stereocenters. The topological polar surface area (TPSA) is 60.1 Å². The molecule has 1 aliphatic rings. The number of hydrogen-bond acceptors (Lipinski definition) is 3. The number of aromatic nitrogens is 3. The van der Waals surface area contributed by atoms with Crippen molar-refractivity contribution in [2.24, 2.45) is 0 Å². The molecule has 1 amide bonds. The van der Waals surface area contributed by atoms with Gasteiger partial charge in [-0.2, -0.15) is 5.10 Å². The summed E-state index contributed by atoms with van der Waals surface area (Å²) >= 11 is 6.06. The van der Waals surface area contributed by atoms with E-state index in [4.69, 9.17) is 11.6 Å². The Morgan fingerprint density at radius 1 is 1.46 bits per heavy atom. The van der Waals surface area contributed by atoms with Crippen molar-refractivity contribution in [3.05, 3.63) is 50.9 Å². The number of halogens is 2. The molecule has 0 aliphatic carbocycles. The van der Waals surface area contributed by atoms with Gasteiger partial charge in [-0.25, -0.2) is 13.9 Å². The minimum Gasteiger partial charge on any atom is -0.343 e. The van der Waals surface area contributed by atoms with Crippen molar-refractivity contribution in [1.82, 2.24) is 19.2 Å². The average molecular weight is 381 g/mol. The molecule has 6 nitrogen and oxygen atoms in total. The molecule has 3 rings (SSSR count). The third-order valence-electron chi connectivity index (χ3n) is 4.93. The van der Waals surface area contributed by atoms with Gasteiger partial charge in [0.05, 0.1) is 12.5 Å². The summed E-state index contributed by atoms with van der Waals surface area (Å²) in [5, 5.41) is 4.61. The Morgan fingerprint density at radius 2 is 2.19 bits per heavy atom. The van der Waals surface area contributed by atoms with Gasteiger partial charge in [-0.3, -0.25) is 9.36 Å². The monoisotopic (exact) mass is 380 g/mol. The predicted molar refractivity (Wildman–Crippen MR) is 96.9 cm³/mol. The normalized spacial score (nSPS) is 16.6. The third-order valence-corrected chi connectivity index (χ3v) is 5.28. The van der Waals surface area contributed by atoms with Crippen LogP contribution in [0.1, 0.15) is 44.0 Å². The van der Waals surface area contributed by atoms with Crippen molar-refractivity contribution in [3.8, 4) is 0 Å². The zero-order valence-electron chi connectivity index (χ0n) is 15.1. The fraction of sp³-hybridized carbons (Fsp3) is 0.500. The number of carbonyl (C=O) groups is 1. The van der Waals surface area contributed by atoms with Crippen LogP contribution in [0.25, 0.3) is 0 Å². The maximum Gasteiger partial charge on any atom is 0.346 e. The lowest BCUT2D eigenvalue weighted by molar-refractivity contribution is -0.133. The summed E-state index contributed by atoms with van der Waals surface area (Å²) in [6.45, 7) is 4.32. The zero-order chi connectivity index (χ0) is 19.0. The standard InChI is InChI=1S/C18H22ClFN4O2/c1-11(2)22(3)17(25)12-6-5-9-23-16(12)21-24(18(23)26)10-13-14(19)7-4-8-15(13)20/h4,7-8,11-12H,5-6,9-10H2,1-3H3. The highest BCUT2D eigenvalue weighted by atomic mass is 35.5. The molecule has 0 spiro atoms. The molecule has 0 radical (unpaired) electrons. The first-order chi connectivity index (χ1) is 12.3. The molecule has 1 aliphatic heterocycles. The Morgan fingerprint density at radius 3 is 2.85 bits per heavy atom. The summed E-state index contributed by atoms with van der Waals surface area (Å²) in [4.78, 5) is 27.1. The first kappa shape index (κ1) is 18.6. The molecular formula is C18H22ClFN4O2. The van der Waals surface area contributed by atoms with Gasteiger partial charge in [0, 0.05) is 30.2 Å². The van der Waals surface area contributed by atoms with Gasteiger partial charge < -0.3 is 4.90 Å². The van der Waals surface area contributed by atoms with E-state index in [9.17, 15) is 14.0 Å². The first-order valence-corrected chi connectivity index (χ1v) is 9.06. The number of likely N-dealkylation sites (N-methyl/N-ethyl adjacent to an activating group) is 1. The third kappa shape index (κ3) is 3.28. The van der Waals surface area contributed by atoms with E-state index >= 15 is 0 Å². The Bertz CT molecular complexity index is 870. The van der Waals surface area contributed by atoms with Gasteiger partial charge in [0.1, 0.15) is 11.6 Å². The van der Waals surface area contributed by atoms with Crippen LogP contribution in [0.3, 0.4) is 0 Å². The van der Waals surface area contributed by atoms with E-state index in [1.807, 2.05) is 13.8 Å². The Labute approximate surface area is 156 Å². The molecule has 26 heavy (non-hydrogen) atoms. The minimum atomic E-state index is -0.484. The van der Waals surface area contributed by atoms with Crippen molar-refractivity contribution < 1.29 is 9.18 Å². The molecular weight excluding hydrogens is 359 g/mol. The van der Waals surface area contributed by atoms with Crippen LogP contribution in [0, 0.1) is 5.82 Å². The highest BCUT2D eigenvalue weighted by Crippen LogP contribution is 2.27. The van der Waals surface area contributed by atoms with Crippen LogP contribution in [-0.2, 0) is 17.9 Å². The predicted octanol–water partition coefficient (Wildman–Crippen LogP) is 2.63. The maximum atomic E-state index is 14.1. The second-order valence-electron chi connectivity index (χ2n) is 6.89. The van der Waals surface area contributed by atoms with Crippen LogP contribution >= 0.6 is 11.6 Å². The van der Waals surface area contributed by atoms with Gasteiger partial charge in [0.15, 0.2) is 0 Å². The van der Waals surface area contributed by atoms with Crippen molar-refractivity contribution >= 4 is 17.5 Å². The van der Waals surface area contributed by atoms with Gasteiger partial charge in [-0.05, 0) is 38.8 Å². The summed E-state index contributed by atoms with van der Waals surface area (Å²) in [6, 6.07) is 4.44. The van der Waals surface area contributed by atoms with Crippen molar-refractivity contribution in [1.29, 1.82) is 0 Å². The molecule has 0 bridgehead atoms. The van der Waals surface area contributed by atoms with Gasteiger partial charge in [0.25, 0.3) is 0 Å². The van der Waals surface area contributed by atoms with Crippen LogP contribution in [0.4, 0.5) is 4.39 Å². The average Bonchev–Trinajstić information content (AvgIpc) is 2.93. The van der Waals surface area contributed by atoms with Gasteiger partial charge in [-0.1, -0.05) is 17.7 Å². The lowest BCUT2D eigenvalue weighted by atomic mass is 9.97.